The molecule has 3 heteroatoms. The minimum Gasteiger partial charge on any atom is -0.481 e. The molecule has 3 rings (SSSR count). The van der Waals surface area contributed by atoms with Gasteiger partial charge in [-0.15, -0.1) is 22.7 Å². The molecule has 2 aromatic heterocycles. The predicted molar refractivity (Wildman–Crippen MR) is 117 cm³/mol. The van der Waals surface area contributed by atoms with E-state index in [1.54, 1.807) is 0 Å². The summed E-state index contributed by atoms with van der Waals surface area (Å²) in [4.78, 5) is 5.64. The molecule has 0 unspecified atom stereocenters. The van der Waals surface area contributed by atoms with Gasteiger partial charge in [-0.25, -0.2) is 0 Å². The van der Waals surface area contributed by atoms with Gasteiger partial charge < -0.3 is 4.74 Å². The molecule has 1 aliphatic heterocycles. The van der Waals surface area contributed by atoms with Gasteiger partial charge in [0.2, 0.25) is 0 Å². The van der Waals surface area contributed by atoms with Gasteiger partial charge in [0.1, 0.15) is 11.4 Å². The van der Waals surface area contributed by atoms with Crippen LogP contribution in [-0.4, -0.2) is 0 Å². The minimum absolute atomic E-state index is 0.0951. The summed E-state index contributed by atoms with van der Waals surface area (Å²) in [6.07, 6.45) is 12.8. The first-order chi connectivity index (χ1) is 12.6. The van der Waals surface area contributed by atoms with Crippen molar-refractivity contribution in [2.75, 3.05) is 0 Å². The van der Waals surface area contributed by atoms with Gasteiger partial charge in [0.15, 0.2) is 0 Å². The van der Waals surface area contributed by atoms with Gasteiger partial charge in [-0.1, -0.05) is 52.4 Å². The van der Waals surface area contributed by atoms with Crippen LogP contribution in [0, 0.1) is 13.8 Å². The first kappa shape index (κ1) is 19.9. The number of fused-ring (bicyclic) bond motifs is 3. The summed E-state index contributed by atoms with van der Waals surface area (Å²) in [7, 11) is 0. The van der Waals surface area contributed by atoms with Gasteiger partial charge in [0.25, 0.3) is 0 Å². The van der Waals surface area contributed by atoms with Crippen LogP contribution in [0.5, 0.6) is 5.75 Å². The van der Waals surface area contributed by atoms with E-state index in [2.05, 4.69) is 39.8 Å². The van der Waals surface area contributed by atoms with E-state index >= 15 is 0 Å². The monoisotopic (exact) mass is 390 g/mol. The van der Waals surface area contributed by atoms with Crippen molar-refractivity contribution in [3.05, 3.63) is 27.5 Å². The molecule has 0 N–H and O–H groups in total. The lowest BCUT2D eigenvalue weighted by Crippen LogP contribution is -2.35. The summed E-state index contributed by atoms with van der Waals surface area (Å²) >= 11 is 3.86. The van der Waals surface area contributed by atoms with E-state index in [1.165, 1.54) is 76.4 Å². The second-order valence-corrected chi connectivity index (χ2v) is 10.4. The maximum atomic E-state index is 6.86. The second kappa shape index (κ2) is 8.93. The first-order valence-electron chi connectivity index (χ1n) is 10.5. The molecule has 26 heavy (non-hydrogen) atoms. The third-order valence-corrected chi connectivity index (χ3v) is 7.79. The van der Waals surface area contributed by atoms with E-state index in [9.17, 15) is 0 Å². The van der Waals surface area contributed by atoms with E-state index in [0.717, 1.165) is 18.6 Å². The molecule has 0 fully saturated rings. The summed E-state index contributed by atoms with van der Waals surface area (Å²) < 4.78 is 6.86. The molecule has 0 amide bonds. The Morgan fingerprint density at radius 3 is 1.96 bits per heavy atom. The average Bonchev–Trinajstić information content (AvgIpc) is 3.18. The highest BCUT2D eigenvalue weighted by molar-refractivity contribution is 7.22. The SMILES string of the molecule is CCCCCCC1(CCCCCC)Oc2cc(C)sc2-c2sc(C)cc21. The van der Waals surface area contributed by atoms with Crippen LogP contribution < -0.4 is 4.74 Å². The minimum atomic E-state index is -0.0951. The summed E-state index contributed by atoms with van der Waals surface area (Å²) in [6.45, 7) is 9.04. The smallest absolute Gasteiger partial charge is 0.140 e. The Labute approximate surface area is 167 Å². The van der Waals surface area contributed by atoms with Crippen molar-refractivity contribution in [3.8, 4) is 15.5 Å². The highest BCUT2D eigenvalue weighted by Crippen LogP contribution is 2.55. The molecule has 1 aliphatic rings. The van der Waals surface area contributed by atoms with Gasteiger partial charge in [0.05, 0.1) is 9.75 Å². The third-order valence-electron chi connectivity index (χ3n) is 5.55. The molecule has 0 aromatic carbocycles. The highest BCUT2D eigenvalue weighted by Gasteiger charge is 2.42. The van der Waals surface area contributed by atoms with Crippen molar-refractivity contribution in [1.29, 1.82) is 0 Å². The van der Waals surface area contributed by atoms with E-state index in [0.29, 0.717) is 0 Å². The van der Waals surface area contributed by atoms with Crippen LogP contribution in [0.1, 0.15) is 93.4 Å². The van der Waals surface area contributed by atoms with Gasteiger partial charge in [0, 0.05) is 15.3 Å². The van der Waals surface area contributed by atoms with Gasteiger partial charge in [-0.2, -0.15) is 0 Å². The number of rotatable bonds is 10. The van der Waals surface area contributed by atoms with E-state index in [1.807, 2.05) is 22.7 Å². The lowest BCUT2D eigenvalue weighted by atomic mass is 9.81. The number of aryl methyl sites for hydroxylation is 2. The van der Waals surface area contributed by atoms with Crippen LogP contribution in [0.15, 0.2) is 12.1 Å². The molecule has 2 aromatic rings. The Balaban J connectivity index is 1.91. The summed E-state index contributed by atoms with van der Waals surface area (Å²) in [6, 6.07) is 4.70. The Morgan fingerprint density at radius 2 is 1.35 bits per heavy atom. The molecule has 0 bridgehead atoms. The Hall–Kier alpha value is -0.800. The fourth-order valence-electron chi connectivity index (χ4n) is 4.18. The Kier molecular flexibility index (Phi) is 6.85. The molecule has 0 atom stereocenters. The fourth-order valence-corrected chi connectivity index (χ4v) is 6.37. The number of unbranched alkanes of at least 4 members (excludes halogenated alkanes) is 6. The summed E-state index contributed by atoms with van der Waals surface area (Å²) in [5.41, 5.74) is 1.39. The van der Waals surface area contributed by atoms with Gasteiger partial charge >= 0.3 is 0 Å². The molecule has 0 saturated heterocycles. The molecular formula is C23H34OS2. The number of thiophene rings is 2. The summed E-state index contributed by atoms with van der Waals surface area (Å²) in [5.74, 6) is 1.15. The second-order valence-electron chi connectivity index (χ2n) is 7.87. The topological polar surface area (TPSA) is 9.23 Å². The highest BCUT2D eigenvalue weighted by atomic mass is 32.1. The molecule has 144 valence electrons. The zero-order chi connectivity index (χ0) is 18.6. The number of hydrogen-bond donors (Lipinski definition) is 0. The van der Waals surface area contributed by atoms with Crippen molar-refractivity contribution < 1.29 is 4.74 Å². The Bertz CT molecular complexity index is 698. The normalized spacial score (nSPS) is 14.8. The van der Waals surface area contributed by atoms with Crippen LogP contribution in [-0.2, 0) is 5.60 Å². The van der Waals surface area contributed by atoms with Crippen molar-refractivity contribution in [1.82, 2.24) is 0 Å². The molecule has 0 aliphatic carbocycles. The maximum absolute atomic E-state index is 6.86. The van der Waals surface area contributed by atoms with E-state index < -0.39 is 0 Å². The standard InChI is InChI=1S/C23H34OS2/c1-5-7-9-11-13-23(14-12-10-8-6-2)19-15-17(3)25-21(19)22-20(24-23)16-18(4)26-22/h15-16H,5-14H2,1-4H3. The molecule has 0 radical (unpaired) electrons. The van der Waals surface area contributed by atoms with Gasteiger partial charge in [-0.3, -0.25) is 0 Å². The van der Waals surface area contributed by atoms with Crippen molar-refractivity contribution in [2.24, 2.45) is 0 Å². The van der Waals surface area contributed by atoms with Crippen LogP contribution in [0.25, 0.3) is 9.75 Å². The molecule has 3 heterocycles. The van der Waals surface area contributed by atoms with Crippen molar-refractivity contribution >= 4 is 22.7 Å². The summed E-state index contributed by atoms with van der Waals surface area (Å²) in [5, 5.41) is 0. The fraction of sp³-hybridized carbons (Fsp3) is 0.652. The molecular weight excluding hydrogens is 356 g/mol. The predicted octanol–water partition coefficient (Wildman–Crippen LogP) is 8.62. The third kappa shape index (κ3) is 4.20. The number of ether oxygens (including phenoxy) is 1. The van der Waals surface area contributed by atoms with Crippen molar-refractivity contribution in [3.63, 3.8) is 0 Å². The number of hydrogen-bond acceptors (Lipinski definition) is 3. The zero-order valence-electron chi connectivity index (χ0n) is 17.0. The van der Waals surface area contributed by atoms with Crippen LogP contribution in [0.3, 0.4) is 0 Å². The van der Waals surface area contributed by atoms with E-state index in [4.69, 9.17) is 4.74 Å². The zero-order valence-corrected chi connectivity index (χ0v) is 18.6. The Morgan fingerprint density at radius 1 is 0.769 bits per heavy atom. The largest absolute Gasteiger partial charge is 0.481 e. The average molecular weight is 391 g/mol. The van der Waals surface area contributed by atoms with Crippen molar-refractivity contribution in [2.45, 2.75) is 97.5 Å². The van der Waals surface area contributed by atoms with Crippen LogP contribution in [0.2, 0.25) is 0 Å². The quantitative estimate of drug-likeness (QED) is 0.369. The van der Waals surface area contributed by atoms with Crippen LogP contribution in [0.4, 0.5) is 0 Å². The van der Waals surface area contributed by atoms with Crippen LogP contribution >= 0.6 is 22.7 Å². The maximum Gasteiger partial charge on any atom is 0.140 e. The van der Waals surface area contributed by atoms with Gasteiger partial charge in [-0.05, 0) is 51.7 Å². The molecule has 0 spiro atoms. The van der Waals surface area contributed by atoms with E-state index in [-0.39, 0.29) is 5.60 Å². The lowest BCUT2D eigenvalue weighted by molar-refractivity contribution is 0.0397. The lowest BCUT2D eigenvalue weighted by Gasteiger charge is -2.38. The molecule has 0 saturated carbocycles. The first-order valence-corrected chi connectivity index (χ1v) is 12.1. The molecule has 1 nitrogen and oxygen atoms in total.